The topological polar surface area (TPSA) is 35.5 Å². The van der Waals surface area contributed by atoms with Crippen molar-refractivity contribution in [1.82, 2.24) is 0 Å². The van der Waals surface area contributed by atoms with E-state index in [2.05, 4.69) is 6.58 Å². The molecule has 0 saturated carbocycles. The van der Waals surface area contributed by atoms with E-state index in [1.807, 2.05) is 66.7 Å². The van der Waals surface area contributed by atoms with Gasteiger partial charge in [-0.15, -0.1) is 0 Å². The minimum atomic E-state index is -3.67. The van der Waals surface area contributed by atoms with Crippen molar-refractivity contribution in [2.75, 3.05) is 0 Å². The van der Waals surface area contributed by atoms with Gasteiger partial charge in [-0.2, -0.15) is 0 Å². The monoisotopic (exact) mass is 336 g/mol. The first-order valence-corrected chi connectivity index (χ1v) is 9.06. The van der Waals surface area contributed by atoms with Gasteiger partial charge in [0.1, 0.15) is 11.5 Å². The molecule has 3 nitrogen and oxygen atoms in total. The van der Waals surface area contributed by atoms with Crippen molar-refractivity contribution in [2.24, 2.45) is 0 Å². The normalized spacial score (nSPS) is 10.8. The lowest BCUT2D eigenvalue weighted by Gasteiger charge is -2.22. The van der Waals surface area contributed by atoms with Gasteiger partial charge in [-0.3, -0.25) is 0 Å². The molecule has 3 rings (SSSR count). The fraction of sp³-hybridized carbons (Fsp3) is 0. The van der Waals surface area contributed by atoms with E-state index in [9.17, 15) is 4.57 Å². The number of hydrogen-bond acceptors (Lipinski definition) is 3. The Kier molecular flexibility index (Phi) is 4.83. The standard InChI is InChI=1S/C20H17O3P/c1-17(18-11-5-2-6-12-18)24(21,22-19-13-7-3-8-14-19)23-20-15-9-4-10-16-20/h2-16H,1H2. The van der Waals surface area contributed by atoms with Crippen LogP contribution in [0.5, 0.6) is 11.5 Å². The van der Waals surface area contributed by atoms with Crippen molar-refractivity contribution in [3.05, 3.63) is 103 Å². The molecule has 0 bridgehead atoms. The quantitative estimate of drug-likeness (QED) is 0.517. The van der Waals surface area contributed by atoms with Crippen LogP contribution < -0.4 is 9.05 Å². The summed E-state index contributed by atoms with van der Waals surface area (Å²) in [4.78, 5) is 0. The summed E-state index contributed by atoms with van der Waals surface area (Å²) in [5.74, 6) is 0.933. The van der Waals surface area contributed by atoms with Gasteiger partial charge < -0.3 is 9.05 Å². The molecule has 0 atom stereocenters. The zero-order chi connectivity index (χ0) is 16.8. The molecule has 3 aromatic rings. The van der Waals surface area contributed by atoms with Gasteiger partial charge in [0.15, 0.2) is 0 Å². The zero-order valence-electron chi connectivity index (χ0n) is 13.0. The van der Waals surface area contributed by atoms with Gasteiger partial charge in [0.2, 0.25) is 0 Å². The Morgan fingerprint density at radius 2 is 1.04 bits per heavy atom. The highest BCUT2D eigenvalue weighted by Crippen LogP contribution is 2.58. The molecule has 4 heteroatoms. The molecule has 0 amide bonds. The van der Waals surface area contributed by atoms with Crippen LogP contribution in [0.4, 0.5) is 0 Å². The largest absolute Gasteiger partial charge is 0.462 e. The molecule has 0 aromatic heterocycles. The third-order valence-corrected chi connectivity index (χ3v) is 5.20. The summed E-state index contributed by atoms with van der Waals surface area (Å²) in [6.07, 6.45) is 0. The maximum absolute atomic E-state index is 13.5. The van der Waals surface area contributed by atoms with Gasteiger partial charge in [0, 0.05) is 0 Å². The first-order chi connectivity index (χ1) is 11.7. The van der Waals surface area contributed by atoms with Crippen LogP contribution in [0.3, 0.4) is 0 Å². The van der Waals surface area contributed by atoms with Gasteiger partial charge in [0.05, 0.1) is 5.31 Å². The van der Waals surface area contributed by atoms with Crippen molar-refractivity contribution in [1.29, 1.82) is 0 Å². The van der Waals surface area contributed by atoms with Crippen molar-refractivity contribution in [3.63, 3.8) is 0 Å². The van der Waals surface area contributed by atoms with E-state index in [0.29, 0.717) is 22.4 Å². The van der Waals surface area contributed by atoms with Crippen LogP contribution in [0.2, 0.25) is 0 Å². The van der Waals surface area contributed by atoms with Crippen molar-refractivity contribution < 1.29 is 13.6 Å². The highest BCUT2D eigenvalue weighted by molar-refractivity contribution is 7.65. The highest BCUT2D eigenvalue weighted by Gasteiger charge is 2.33. The summed E-state index contributed by atoms with van der Waals surface area (Å²) in [7, 11) is -3.67. The molecule has 0 unspecified atom stereocenters. The molecule has 0 fully saturated rings. The van der Waals surface area contributed by atoms with Crippen LogP contribution in [-0.4, -0.2) is 0 Å². The Morgan fingerprint density at radius 3 is 1.46 bits per heavy atom. The fourth-order valence-corrected chi connectivity index (χ4v) is 3.68. The molecule has 0 heterocycles. The molecule has 0 saturated heterocycles. The van der Waals surface area contributed by atoms with Crippen LogP contribution in [0.1, 0.15) is 5.56 Å². The number of para-hydroxylation sites is 2. The van der Waals surface area contributed by atoms with Crippen molar-refractivity contribution in [2.45, 2.75) is 0 Å². The lowest BCUT2D eigenvalue weighted by molar-refractivity contribution is 0.400. The van der Waals surface area contributed by atoms with Crippen molar-refractivity contribution >= 4 is 12.9 Å². The predicted molar refractivity (Wildman–Crippen MR) is 97.2 cm³/mol. The Hall–Kier alpha value is -2.77. The summed E-state index contributed by atoms with van der Waals surface area (Å²) in [5.41, 5.74) is 0.715. The van der Waals surface area contributed by atoms with Crippen LogP contribution in [0.15, 0.2) is 97.6 Å². The Labute approximate surface area is 141 Å². The SMILES string of the molecule is C=C(c1ccccc1)P(=O)(Oc1ccccc1)Oc1ccccc1. The van der Waals surface area contributed by atoms with E-state index in [1.54, 1.807) is 24.3 Å². The van der Waals surface area contributed by atoms with Crippen molar-refractivity contribution in [3.8, 4) is 11.5 Å². The van der Waals surface area contributed by atoms with Crippen LogP contribution in [-0.2, 0) is 4.57 Å². The van der Waals surface area contributed by atoms with E-state index < -0.39 is 7.60 Å². The molecule has 24 heavy (non-hydrogen) atoms. The minimum absolute atomic E-state index is 0.316. The molecule has 0 radical (unpaired) electrons. The second-order valence-corrected chi connectivity index (χ2v) is 7.02. The number of benzene rings is 3. The van der Waals surface area contributed by atoms with Gasteiger partial charge in [-0.05, 0) is 29.8 Å². The summed E-state index contributed by atoms with van der Waals surface area (Å²) in [5, 5.41) is 0.316. The third kappa shape index (κ3) is 3.76. The molecule has 0 N–H and O–H groups in total. The number of hydrogen-bond donors (Lipinski definition) is 0. The second kappa shape index (κ2) is 7.20. The van der Waals surface area contributed by atoms with E-state index in [4.69, 9.17) is 9.05 Å². The van der Waals surface area contributed by atoms with Gasteiger partial charge >= 0.3 is 7.60 Å². The first kappa shape index (κ1) is 16.1. The van der Waals surface area contributed by atoms with Crippen LogP contribution >= 0.6 is 7.60 Å². The minimum Gasteiger partial charge on any atom is -0.413 e. The van der Waals surface area contributed by atoms with E-state index in [0.717, 1.165) is 0 Å². The lowest BCUT2D eigenvalue weighted by atomic mass is 10.2. The molecule has 0 spiro atoms. The van der Waals surface area contributed by atoms with Gasteiger partial charge in [-0.1, -0.05) is 73.3 Å². The van der Waals surface area contributed by atoms with Crippen LogP contribution in [0.25, 0.3) is 5.31 Å². The van der Waals surface area contributed by atoms with E-state index >= 15 is 0 Å². The van der Waals surface area contributed by atoms with E-state index in [-0.39, 0.29) is 0 Å². The third-order valence-electron chi connectivity index (χ3n) is 3.38. The Morgan fingerprint density at radius 1 is 0.667 bits per heavy atom. The average Bonchev–Trinajstić information content (AvgIpc) is 2.63. The maximum Gasteiger partial charge on any atom is 0.462 e. The molecule has 0 aliphatic heterocycles. The Balaban J connectivity index is 1.97. The molecular weight excluding hydrogens is 319 g/mol. The summed E-state index contributed by atoms with van der Waals surface area (Å²) in [6.45, 7) is 3.98. The Bertz CT molecular complexity index is 800. The second-order valence-electron chi connectivity index (χ2n) is 5.12. The maximum atomic E-state index is 13.5. The molecule has 0 aliphatic carbocycles. The molecule has 0 aliphatic rings. The highest BCUT2D eigenvalue weighted by atomic mass is 31.2. The smallest absolute Gasteiger partial charge is 0.413 e. The zero-order valence-corrected chi connectivity index (χ0v) is 13.9. The summed E-state index contributed by atoms with van der Waals surface area (Å²) >= 11 is 0. The van der Waals surface area contributed by atoms with Crippen LogP contribution in [0, 0.1) is 0 Å². The van der Waals surface area contributed by atoms with E-state index in [1.165, 1.54) is 0 Å². The molecule has 120 valence electrons. The van der Waals surface area contributed by atoms with Gasteiger partial charge in [-0.25, -0.2) is 4.57 Å². The fourth-order valence-electron chi connectivity index (χ4n) is 2.16. The summed E-state index contributed by atoms with van der Waals surface area (Å²) < 4.78 is 25.0. The predicted octanol–water partition coefficient (Wildman–Crippen LogP) is 6.01. The number of rotatable bonds is 6. The lowest BCUT2D eigenvalue weighted by Crippen LogP contribution is -2.03. The first-order valence-electron chi connectivity index (χ1n) is 7.52. The summed E-state index contributed by atoms with van der Waals surface area (Å²) in [6, 6.07) is 27.2. The average molecular weight is 336 g/mol. The molecular formula is C20H17O3P. The van der Waals surface area contributed by atoms with Gasteiger partial charge in [0.25, 0.3) is 0 Å². The molecule has 3 aromatic carbocycles.